The van der Waals surface area contributed by atoms with E-state index in [0.717, 1.165) is 30.2 Å². The van der Waals surface area contributed by atoms with Crippen LogP contribution in [0.1, 0.15) is 32.4 Å². The Morgan fingerprint density at radius 2 is 2.11 bits per heavy atom. The van der Waals surface area contributed by atoms with Crippen molar-refractivity contribution in [2.24, 2.45) is 0 Å². The number of aryl methyl sites for hydroxylation is 1. The van der Waals surface area contributed by atoms with Crippen molar-refractivity contribution in [2.75, 3.05) is 6.54 Å². The van der Waals surface area contributed by atoms with Crippen molar-refractivity contribution >= 4 is 0 Å². The molecular weight excluding hydrogens is 238 g/mol. The summed E-state index contributed by atoms with van der Waals surface area (Å²) in [6, 6.07) is 8.37. The molecule has 1 N–H and O–H groups in total. The molecular formula is C15H21N3O. The van der Waals surface area contributed by atoms with Crippen LogP contribution in [0.25, 0.3) is 0 Å². The van der Waals surface area contributed by atoms with Crippen molar-refractivity contribution < 1.29 is 4.74 Å². The van der Waals surface area contributed by atoms with E-state index in [0.29, 0.717) is 0 Å². The molecule has 0 saturated carbocycles. The Bertz CT molecular complexity index is 522. The average Bonchev–Trinajstić information content (AvgIpc) is 2.87. The highest BCUT2D eigenvalue weighted by Crippen LogP contribution is 2.29. The predicted molar refractivity (Wildman–Crippen MR) is 76.5 cm³/mol. The van der Waals surface area contributed by atoms with Gasteiger partial charge in [-0.25, -0.2) is 0 Å². The van der Waals surface area contributed by atoms with Crippen LogP contribution in [0.5, 0.6) is 11.5 Å². The van der Waals surface area contributed by atoms with Gasteiger partial charge in [0.2, 0.25) is 0 Å². The second kappa shape index (κ2) is 6.38. The fourth-order valence-corrected chi connectivity index (χ4v) is 2.04. The average molecular weight is 259 g/mol. The lowest BCUT2D eigenvalue weighted by atomic mass is 10.1. The largest absolute Gasteiger partial charge is 0.454 e. The van der Waals surface area contributed by atoms with Gasteiger partial charge < -0.3 is 10.1 Å². The minimum atomic E-state index is 0.266. The normalized spacial score (nSPS) is 12.4. The molecule has 1 unspecified atom stereocenters. The summed E-state index contributed by atoms with van der Waals surface area (Å²) in [7, 11) is 0. The smallest absolute Gasteiger partial charge is 0.165 e. The highest BCUT2D eigenvalue weighted by Gasteiger charge is 2.11. The van der Waals surface area contributed by atoms with E-state index in [-0.39, 0.29) is 6.04 Å². The zero-order chi connectivity index (χ0) is 13.7. The third-order valence-corrected chi connectivity index (χ3v) is 3.06. The second-order valence-electron chi connectivity index (χ2n) is 4.45. The molecule has 4 nitrogen and oxygen atoms in total. The Morgan fingerprint density at radius 1 is 1.32 bits per heavy atom. The van der Waals surface area contributed by atoms with E-state index in [1.54, 1.807) is 6.20 Å². The van der Waals surface area contributed by atoms with Crippen LogP contribution in [-0.4, -0.2) is 16.3 Å². The second-order valence-corrected chi connectivity index (χ2v) is 4.45. The first-order valence-electron chi connectivity index (χ1n) is 6.77. The van der Waals surface area contributed by atoms with Crippen molar-refractivity contribution in [1.29, 1.82) is 0 Å². The maximum Gasteiger partial charge on any atom is 0.165 e. The molecule has 0 saturated heterocycles. The van der Waals surface area contributed by atoms with E-state index in [9.17, 15) is 0 Å². The standard InChI is InChI=1S/C15H21N3O/c1-4-16-12(3)14-8-6-7-9-15(14)19-13-10-17-18(5-2)11-13/h6-12,16H,4-5H2,1-3H3. The third kappa shape index (κ3) is 3.35. The molecule has 1 aromatic heterocycles. The summed E-state index contributed by atoms with van der Waals surface area (Å²) in [4.78, 5) is 0. The quantitative estimate of drug-likeness (QED) is 0.864. The number of para-hydroxylation sites is 1. The zero-order valence-electron chi connectivity index (χ0n) is 11.8. The summed E-state index contributed by atoms with van der Waals surface area (Å²) in [5.74, 6) is 1.66. The lowest BCUT2D eigenvalue weighted by Gasteiger charge is -2.16. The topological polar surface area (TPSA) is 39.1 Å². The molecule has 1 heterocycles. The van der Waals surface area contributed by atoms with E-state index in [1.165, 1.54) is 0 Å². The molecule has 19 heavy (non-hydrogen) atoms. The summed E-state index contributed by atoms with van der Waals surface area (Å²) in [5.41, 5.74) is 1.16. The summed E-state index contributed by atoms with van der Waals surface area (Å²) in [5, 5.41) is 7.62. The molecule has 2 aromatic rings. The van der Waals surface area contributed by atoms with Gasteiger partial charge in [0.25, 0.3) is 0 Å². The highest BCUT2D eigenvalue weighted by atomic mass is 16.5. The Hall–Kier alpha value is -1.81. The van der Waals surface area contributed by atoms with Crippen molar-refractivity contribution in [3.63, 3.8) is 0 Å². The number of nitrogens with zero attached hydrogens (tertiary/aromatic N) is 2. The molecule has 0 aliphatic rings. The Morgan fingerprint density at radius 3 is 2.79 bits per heavy atom. The van der Waals surface area contributed by atoms with Crippen LogP contribution in [-0.2, 0) is 6.54 Å². The molecule has 2 rings (SSSR count). The Kier molecular flexibility index (Phi) is 4.58. The van der Waals surface area contributed by atoms with Gasteiger partial charge in [-0.05, 0) is 26.5 Å². The van der Waals surface area contributed by atoms with Crippen LogP contribution >= 0.6 is 0 Å². The first-order valence-corrected chi connectivity index (χ1v) is 6.77. The van der Waals surface area contributed by atoms with Crippen molar-refractivity contribution in [2.45, 2.75) is 33.4 Å². The van der Waals surface area contributed by atoms with Crippen LogP contribution in [0.4, 0.5) is 0 Å². The maximum atomic E-state index is 5.94. The van der Waals surface area contributed by atoms with Crippen LogP contribution in [0, 0.1) is 0 Å². The fourth-order valence-electron chi connectivity index (χ4n) is 2.04. The number of rotatable bonds is 6. The van der Waals surface area contributed by atoms with Gasteiger partial charge in [-0.2, -0.15) is 5.10 Å². The number of nitrogens with one attached hydrogen (secondary N) is 1. The van der Waals surface area contributed by atoms with Gasteiger partial charge in [0, 0.05) is 18.2 Å². The summed E-state index contributed by atoms with van der Waals surface area (Å²) in [6.07, 6.45) is 3.66. The summed E-state index contributed by atoms with van der Waals surface area (Å²) in [6.45, 7) is 8.08. The van der Waals surface area contributed by atoms with Crippen molar-refractivity contribution in [3.05, 3.63) is 42.2 Å². The molecule has 0 aliphatic heterocycles. The van der Waals surface area contributed by atoms with Crippen molar-refractivity contribution in [3.8, 4) is 11.5 Å². The van der Waals surface area contributed by atoms with Crippen LogP contribution in [0.2, 0.25) is 0 Å². The molecule has 0 fully saturated rings. The number of hydrogen-bond acceptors (Lipinski definition) is 3. The first kappa shape index (κ1) is 13.6. The van der Waals surface area contributed by atoms with Crippen molar-refractivity contribution in [1.82, 2.24) is 15.1 Å². The number of ether oxygens (including phenoxy) is 1. The van der Waals surface area contributed by atoms with Gasteiger partial charge in [0.05, 0.1) is 12.4 Å². The van der Waals surface area contributed by atoms with Gasteiger partial charge in [0.1, 0.15) is 5.75 Å². The van der Waals surface area contributed by atoms with Gasteiger partial charge >= 0.3 is 0 Å². The van der Waals surface area contributed by atoms with Gasteiger partial charge in [-0.15, -0.1) is 0 Å². The Labute approximate surface area is 114 Å². The number of hydrogen-bond donors (Lipinski definition) is 1. The number of benzene rings is 1. The summed E-state index contributed by atoms with van der Waals surface area (Å²) >= 11 is 0. The molecule has 0 radical (unpaired) electrons. The SMILES string of the molecule is CCNC(C)c1ccccc1Oc1cnn(CC)c1. The highest BCUT2D eigenvalue weighted by molar-refractivity contribution is 5.38. The minimum absolute atomic E-state index is 0.266. The molecule has 102 valence electrons. The predicted octanol–water partition coefficient (Wildman–Crippen LogP) is 3.37. The molecule has 0 amide bonds. The van der Waals surface area contributed by atoms with Crippen LogP contribution in [0.15, 0.2) is 36.7 Å². The monoisotopic (exact) mass is 259 g/mol. The van der Waals surface area contributed by atoms with E-state index >= 15 is 0 Å². The minimum Gasteiger partial charge on any atom is -0.454 e. The fraction of sp³-hybridized carbons (Fsp3) is 0.400. The van der Waals surface area contributed by atoms with E-state index in [1.807, 2.05) is 29.1 Å². The van der Waals surface area contributed by atoms with E-state index in [4.69, 9.17) is 4.74 Å². The van der Waals surface area contributed by atoms with E-state index in [2.05, 4.69) is 37.3 Å². The zero-order valence-corrected chi connectivity index (χ0v) is 11.8. The number of aromatic nitrogens is 2. The maximum absolute atomic E-state index is 5.94. The Balaban J connectivity index is 2.19. The molecule has 0 spiro atoms. The van der Waals surface area contributed by atoms with Gasteiger partial charge in [-0.3, -0.25) is 4.68 Å². The molecule has 4 heteroatoms. The lowest BCUT2D eigenvalue weighted by molar-refractivity contribution is 0.462. The van der Waals surface area contributed by atoms with Gasteiger partial charge in [0.15, 0.2) is 5.75 Å². The third-order valence-electron chi connectivity index (χ3n) is 3.06. The lowest BCUT2D eigenvalue weighted by Crippen LogP contribution is -2.18. The molecule has 0 aliphatic carbocycles. The molecule has 0 bridgehead atoms. The van der Waals surface area contributed by atoms with Gasteiger partial charge in [-0.1, -0.05) is 25.1 Å². The van der Waals surface area contributed by atoms with E-state index < -0.39 is 0 Å². The summed E-state index contributed by atoms with van der Waals surface area (Å²) < 4.78 is 7.79. The van der Waals surface area contributed by atoms with Crippen LogP contribution < -0.4 is 10.1 Å². The van der Waals surface area contributed by atoms with Crippen LogP contribution in [0.3, 0.4) is 0 Å². The molecule has 1 atom stereocenters. The first-order chi connectivity index (χ1) is 9.24. The molecule has 1 aromatic carbocycles.